The van der Waals surface area contributed by atoms with Gasteiger partial charge < -0.3 is 4.57 Å². The number of hydrogen-bond acceptors (Lipinski definition) is 3. The quantitative estimate of drug-likeness (QED) is 0.759. The lowest BCUT2D eigenvalue weighted by molar-refractivity contribution is 0.582. The summed E-state index contributed by atoms with van der Waals surface area (Å²) in [5.74, 6) is 0. The van der Waals surface area contributed by atoms with Crippen LogP contribution in [0.5, 0.6) is 0 Å². The van der Waals surface area contributed by atoms with E-state index in [9.17, 15) is 4.57 Å². The van der Waals surface area contributed by atoms with Gasteiger partial charge in [0, 0.05) is 23.4 Å². The summed E-state index contributed by atoms with van der Waals surface area (Å²) in [6.07, 6.45) is 4.22. The highest BCUT2D eigenvalue weighted by molar-refractivity contribution is 7.62. The fourth-order valence-electron chi connectivity index (χ4n) is 1.51. The molecule has 0 amide bonds. The monoisotopic (exact) mass is 243 g/mol. The third kappa shape index (κ3) is 2.92. The molecule has 2 nitrogen and oxygen atoms in total. The van der Waals surface area contributed by atoms with Gasteiger partial charge in [-0.1, -0.05) is 6.92 Å². The van der Waals surface area contributed by atoms with E-state index in [1.807, 2.05) is 13.3 Å². The molecule has 0 saturated heterocycles. The Bertz CT molecular complexity index is 402. The lowest BCUT2D eigenvalue weighted by atomic mass is 10.1. The second-order valence-electron chi connectivity index (χ2n) is 5.23. The Morgan fingerprint density at radius 3 is 2.73 bits per heavy atom. The molecule has 0 spiro atoms. The van der Waals surface area contributed by atoms with Crippen LogP contribution in [0, 0.1) is 0 Å². The Hall–Kier alpha value is -0.140. The first-order valence-corrected chi connectivity index (χ1v) is 9.05. The SMILES string of the molecule is CC1(c2csc(CCP(C)(C)=O)n2)CC1. The van der Waals surface area contributed by atoms with Crippen molar-refractivity contribution in [1.29, 1.82) is 0 Å². The minimum Gasteiger partial charge on any atom is -0.324 e. The molecule has 0 atom stereocenters. The first-order valence-electron chi connectivity index (χ1n) is 5.38. The van der Waals surface area contributed by atoms with E-state index < -0.39 is 7.14 Å². The Morgan fingerprint density at radius 1 is 1.53 bits per heavy atom. The molecule has 0 aromatic carbocycles. The smallest absolute Gasteiger partial charge is 0.0933 e. The van der Waals surface area contributed by atoms with Gasteiger partial charge in [0.1, 0.15) is 0 Å². The summed E-state index contributed by atoms with van der Waals surface area (Å²) in [6, 6.07) is 0. The highest BCUT2D eigenvalue weighted by atomic mass is 32.1. The van der Waals surface area contributed by atoms with Crippen molar-refractivity contribution >= 4 is 18.5 Å². The highest BCUT2D eigenvalue weighted by Gasteiger charge is 2.41. The Balaban J connectivity index is 1.99. The van der Waals surface area contributed by atoms with Crippen molar-refractivity contribution < 1.29 is 4.57 Å². The van der Waals surface area contributed by atoms with Crippen LogP contribution in [0.25, 0.3) is 0 Å². The van der Waals surface area contributed by atoms with Gasteiger partial charge in [0.05, 0.1) is 17.8 Å². The van der Waals surface area contributed by atoms with Crippen LogP contribution in [0.4, 0.5) is 0 Å². The minimum atomic E-state index is -1.88. The fourth-order valence-corrected chi connectivity index (χ4v) is 3.37. The van der Waals surface area contributed by atoms with E-state index in [2.05, 4.69) is 17.3 Å². The van der Waals surface area contributed by atoms with Gasteiger partial charge in [-0.25, -0.2) is 4.98 Å². The molecule has 0 bridgehead atoms. The van der Waals surface area contributed by atoms with E-state index in [4.69, 9.17) is 0 Å². The van der Waals surface area contributed by atoms with Gasteiger partial charge in [0.2, 0.25) is 0 Å². The standard InChI is InChI=1S/C11H18NOPS/c1-11(5-6-11)9-8-15-10(12-9)4-7-14(2,3)13/h8H,4-7H2,1-3H3. The average Bonchev–Trinajstić information content (AvgIpc) is 2.70. The number of rotatable bonds is 4. The Kier molecular flexibility index (Phi) is 2.81. The molecule has 1 fully saturated rings. The Labute approximate surface area is 95.5 Å². The molecule has 1 aliphatic carbocycles. The van der Waals surface area contributed by atoms with Crippen molar-refractivity contribution in [2.75, 3.05) is 19.5 Å². The first kappa shape index (κ1) is 11.3. The lowest BCUT2D eigenvalue weighted by Gasteiger charge is -2.04. The van der Waals surface area contributed by atoms with Gasteiger partial charge >= 0.3 is 0 Å². The van der Waals surface area contributed by atoms with Gasteiger partial charge in [0.15, 0.2) is 0 Å². The van der Waals surface area contributed by atoms with Crippen molar-refractivity contribution in [3.63, 3.8) is 0 Å². The third-order valence-electron chi connectivity index (χ3n) is 3.03. The first-order chi connectivity index (χ1) is 6.89. The van der Waals surface area contributed by atoms with Crippen LogP contribution in [-0.4, -0.2) is 24.5 Å². The van der Waals surface area contributed by atoms with Crippen LogP contribution in [0.1, 0.15) is 30.5 Å². The summed E-state index contributed by atoms with van der Waals surface area (Å²) in [7, 11) is -1.88. The maximum atomic E-state index is 11.6. The highest BCUT2D eigenvalue weighted by Crippen LogP contribution is 2.47. The maximum absolute atomic E-state index is 11.6. The van der Waals surface area contributed by atoms with E-state index in [0.717, 1.165) is 17.6 Å². The normalized spacial score (nSPS) is 19.1. The second-order valence-corrected chi connectivity index (χ2v) is 9.77. The zero-order valence-electron chi connectivity index (χ0n) is 9.62. The molecule has 15 heavy (non-hydrogen) atoms. The van der Waals surface area contributed by atoms with Crippen molar-refractivity contribution in [2.45, 2.75) is 31.6 Å². The van der Waals surface area contributed by atoms with Crippen LogP contribution >= 0.6 is 18.5 Å². The van der Waals surface area contributed by atoms with Crippen LogP contribution in [-0.2, 0) is 16.4 Å². The topological polar surface area (TPSA) is 30.0 Å². The van der Waals surface area contributed by atoms with Gasteiger partial charge in [-0.15, -0.1) is 11.3 Å². The summed E-state index contributed by atoms with van der Waals surface area (Å²) >= 11 is 1.72. The average molecular weight is 243 g/mol. The number of nitrogens with zero attached hydrogens (tertiary/aromatic N) is 1. The molecule has 0 aliphatic heterocycles. The predicted octanol–water partition coefficient (Wildman–Crippen LogP) is 3.36. The molecule has 1 saturated carbocycles. The third-order valence-corrected chi connectivity index (χ3v) is 5.24. The zero-order chi connectivity index (χ0) is 11.1. The van der Waals surface area contributed by atoms with Crippen LogP contribution in [0.15, 0.2) is 5.38 Å². The van der Waals surface area contributed by atoms with Gasteiger partial charge in [0.25, 0.3) is 0 Å². The summed E-state index contributed by atoms with van der Waals surface area (Å²) in [5, 5.41) is 3.33. The molecule has 2 rings (SSSR count). The van der Waals surface area contributed by atoms with Gasteiger partial charge in [-0.2, -0.15) is 0 Å². The van der Waals surface area contributed by atoms with Gasteiger partial charge in [-0.3, -0.25) is 0 Å². The fraction of sp³-hybridized carbons (Fsp3) is 0.727. The molecular formula is C11H18NOPS. The second kappa shape index (κ2) is 3.71. The number of aromatic nitrogens is 1. The molecule has 1 aromatic heterocycles. The van der Waals surface area contributed by atoms with Crippen LogP contribution in [0.2, 0.25) is 0 Å². The summed E-state index contributed by atoms with van der Waals surface area (Å²) < 4.78 is 11.6. The van der Waals surface area contributed by atoms with E-state index in [1.54, 1.807) is 11.3 Å². The van der Waals surface area contributed by atoms with E-state index in [-0.39, 0.29) is 0 Å². The predicted molar refractivity (Wildman–Crippen MR) is 66.7 cm³/mol. The molecular weight excluding hydrogens is 225 g/mol. The maximum Gasteiger partial charge on any atom is 0.0933 e. The molecule has 4 heteroatoms. The molecule has 1 aromatic rings. The number of aryl methyl sites for hydroxylation is 1. The van der Waals surface area contributed by atoms with Crippen LogP contribution < -0.4 is 0 Å². The summed E-state index contributed by atoms with van der Waals surface area (Å²) in [5.41, 5.74) is 1.63. The number of thiazole rings is 1. The summed E-state index contributed by atoms with van der Waals surface area (Å²) in [4.78, 5) is 4.64. The van der Waals surface area contributed by atoms with E-state index in [1.165, 1.54) is 18.5 Å². The van der Waals surface area contributed by atoms with Gasteiger partial charge in [-0.05, 0) is 26.2 Å². The molecule has 0 N–H and O–H groups in total. The largest absolute Gasteiger partial charge is 0.324 e. The molecule has 84 valence electrons. The van der Waals surface area contributed by atoms with Crippen LogP contribution in [0.3, 0.4) is 0 Å². The van der Waals surface area contributed by atoms with E-state index >= 15 is 0 Å². The number of hydrogen-bond donors (Lipinski definition) is 0. The van der Waals surface area contributed by atoms with Crippen molar-refractivity contribution in [3.8, 4) is 0 Å². The lowest BCUT2D eigenvalue weighted by Crippen LogP contribution is -2.00. The van der Waals surface area contributed by atoms with Crippen molar-refractivity contribution in [2.24, 2.45) is 0 Å². The minimum absolute atomic E-state index is 0.372. The molecule has 0 radical (unpaired) electrons. The van der Waals surface area contributed by atoms with E-state index in [0.29, 0.717) is 5.41 Å². The molecule has 1 heterocycles. The zero-order valence-corrected chi connectivity index (χ0v) is 11.3. The Morgan fingerprint density at radius 2 is 2.20 bits per heavy atom. The van der Waals surface area contributed by atoms with Crippen molar-refractivity contribution in [3.05, 3.63) is 16.1 Å². The van der Waals surface area contributed by atoms with Crippen molar-refractivity contribution in [1.82, 2.24) is 4.98 Å². The molecule has 0 unspecified atom stereocenters. The summed E-state index contributed by atoms with van der Waals surface area (Å²) in [6.45, 7) is 5.98. The molecule has 1 aliphatic rings.